The molecule has 3 heteroatoms. The second kappa shape index (κ2) is 9.22. The number of aromatic hydroxyl groups is 1. The highest BCUT2D eigenvalue weighted by Gasteiger charge is 2.08. The number of benzene rings is 1. The summed E-state index contributed by atoms with van der Waals surface area (Å²) in [4.78, 5) is 11.8. The Hall–Kier alpha value is -1.77. The van der Waals surface area contributed by atoms with Crippen molar-refractivity contribution in [1.29, 1.82) is 0 Å². The van der Waals surface area contributed by atoms with E-state index in [2.05, 4.69) is 6.92 Å². The van der Waals surface area contributed by atoms with E-state index in [1.54, 1.807) is 24.3 Å². The maximum Gasteiger partial charge on any atom is 0.331 e. The van der Waals surface area contributed by atoms with Crippen molar-refractivity contribution in [2.75, 3.05) is 0 Å². The number of unbranched alkanes of at least 4 members (excludes halogenated alkanes) is 3. The first-order chi connectivity index (χ1) is 10.0. The largest absolute Gasteiger partial charge is 0.508 e. The summed E-state index contributed by atoms with van der Waals surface area (Å²) in [5, 5.41) is 9.25. The molecule has 0 fully saturated rings. The maximum atomic E-state index is 11.8. The number of allylic oxidation sites excluding steroid dienone is 1. The molecule has 0 aliphatic heterocycles. The molecule has 21 heavy (non-hydrogen) atoms. The van der Waals surface area contributed by atoms with Gasteiger partial charge in [0, 0.05) is 6.08 Å². The summed E-state index contributed by atoms with van der Waals surface area (Å²) in [7, 11) is 0. The number of phenols is 1. The third-order valence-electron chi connectivity index (χ3n) is 3.44. The first-order valence-electron chi connectivity index (χ1n) is 7.71. The van der Waals surface area contributed by atoms with Gasteiger partial charge in [0.1, 0.15) is 5.75 Å². The normalized spacial score (nSPS) is 13.0. The fourth-order valence-electron chi connectivity index (χ4n) is 2.13. The molecule has 0 heterocycles. The number of carbonyl (C=O) groups excluding carboxylic acids is 1. The van der Waals surface area contributed by atoms with Gasteiger partial charge >= 0.3 is 5.97 Å². The van der Waals surface area contributed by atoms with Crippen molar-refractivity contribution in [2.24, 2.45) is 0 Å². The summed E-state index contributed by atoms with van der Waals surface area (Å²) in [5.41, 5.74) is 1.73. The van der Waals surface area contributed by atoms with Gasteiger partial charge in [-0.1, -0.05) is 38.3 Å². The van der Waals surface area contributed by atoms with Crippen LogP contribution in [0.4, 0.5) is 0 Å². The second-order valence-electron chi connectivity index (χ2n) is 5.47. The van der Waals surface area contributed by atoms with Crippen LogP contribution in [-0.2, 0) is 9.53 Å². The van der Waals surface area contributed by atoms with Crippen molar-refractivity contribution in [1.82, 2.24) is 0 Å². The van der Waals surface area contributed by atoms with Crippen molar-refractivity contribution in [3.63, 3.8) is 0 Å². The Kier molecular flexibility index (Phi) is 7.59. The number of hydrogen-bond acceptors (Lipinski definition) is 3. The van der Waals surface area contributed by atoms with Crippen LogP contribution >= 0.6 is 0 Å². The monoisotopic (exact) mass is 290 g/mol. The van der Waals surface area contributed by atoms with Gasteiger partial charge in [0.2, 0.25) is 0 Å². The zero-order valence-electron chi connectivity index (χ0n) is 13.3. The highest BCUT2D eigenvalue weighted by atomic mass is 16.5. The molecule has 0 bridgehead atoms. The lowest BCUT2D eigenvalue weighted by Crippen LogP contribution is -2.13. The van der Waals surface area contributed by atoms with Crippen molar-refractivity contribution in [3.05, 3.63) is 35.9 Å². The third-order valence-corrected chi connectivity index (χ3v) is 3.44. The van der Waals surface area contributed by atoms with Gasteiger partial charge in [-0.2, -0.15) is 0 Å². The maximum absolute atomic E-state index is 11.8. The minimum atomic E-state index is -0.302. The minimum absolute atomic E-state index is 0.0433. The molecule has 1 N–H and O–H groups in total. The van der Waals surface area contributed by atoms with Gasteiger partial charge in [0.05, 0.1) is 6.10 Å². The number of phenolic OH excluding ortho intramolecular Hbond substituents is 1. The van der Waals surface area contributed by atoms with Crippen LogP contribution < -0.4 is 0 Å². The predicted octanol–water partition coefficient (Wildman–Crippen LogP) is 4.70. The minimum Gasteiger partial charge on any atom is -0.508 e. The summed E-state index contributed by atoms with van der Waals surface area (Å²) >= 11 is 0. The van der Waals surface area contributed by atoms with Crippen molar-refractivity contribution < 1.29 is 14.6 Å². The third kappa shape index (κ3) is 6.98. The smallest absolute Gasteiger partial charge is 0.331 e. The summed E-state index contributed by atoms with van der Waals surface area (Å²) in [6.45, 7) is 5.98. The van der Waals surface area contributed by atoms with E-state index in [-0.39, 0.29) is 17.8 Å². The number of carbonyl (C=O) groups is 1. The first kappa shape index (κ1) is 17.3. The molecule has 0 aliphatic rings. The molecule has 0 spiro atoms. The van der Waals surface area contributed by atoms with E-state index in [9.17, 15) is 9.90 Å². The first-order valence-corrected chi connectivity index (χ1v) is 7.71. The zero-order valence-corrected chi connectivity index (χ0v) is 13.3. The van der Waals surface area contributed by atoms with Crippen LogP contribution in [0.2, 0.25) is 0 Å². The number of rotatable bonds is 8. The summed E-state index contributed by atoms with van der Waals surface area (Å²) in [5.74, 6) is -0.0848. The van der Waals surface area contributed by atoms with Crippen LogP contribution in [0.15, 0.2) is 30.3 Å². The van der Waals surface area contributed by atoms with Gasteiger partial charge in [-0.05, 0) is 50.0 Å². The molecule has 3 nitrogen and oxygen atoms in total. The lowest BCUT2D eigenvalue weighted by molar-refractivity contribution is -0.142. The Labute approximate surface area is 127 Å². The topological polar surface area (TPSA) is 46.5 Å². The Morgan fingerprint density at radius 3 is 2.52 bits per heavy atom. The van der Waals surface area contributed by atoms with E-state index >= 15 is 0 Å². The molecule has 1 aromatic rings. The summed E-state index contributed by atoms with van der Waals surface area (Å²) < 4.78 is 5.38. The Morgan fingerprint density at radius 1 is 1.24 bits per heavy atom. The van der Waals surface area contributed by atoms with Crippen molar-refractivity contribution >= 4 is 11.5 Å². The number of ether oxygens (including phenoxy) is 1. The Morgan fingerprint density at radius 2 is 1.90 bits per heavy atom. The molecule has 0 amide bonds. The van der Waals surface area contributed by atoms with E-state index in [4.69, 9.17) is 4.74 Å². The molecule has 0 aliphatic carbocycles. The van der Waals surface area contributed by atoms with E-state index in [0.29, 0.717) is 0 Å². The quantitative estimate of drug-likeness (QED) is 0.429. The fraction of sp³-hybridized carbons (Fsp3) is 0.500. The van der Waals surface area contributed by atoms with Gasteiger partial charge in [0.25, 0.3) is 0 Å². The molecule has 0 aromatic heterocycles. The molecule has 1 unspecified atom stereocenters. The fourth-order valence-corrected chi connectivity index (χ4v) is 2.13. The Bertz CT molecular complexity index is 460. The van der Waals surface area contributed by atoms with Crippen molar-refractivity contribution in [2.45, 2.75) is 59.0 Å². The van der Waals surface area contributed by atoms with E-state index in [0.717, 1.165) is 24.0 Å². The van der Waals surface area contributed by atoms with Crippen molar-refractivity contribution in [3.8, 4) is 5.75 Å². The van der Waals surface area contributed by atoms with Crippen LogP contribution in [0.3, 0.4) is 0 Å². The van der Waals surface area contributed by atoms with Crippen LogP contribution in [0, 0.1) is 0 Å². The molecule has 116 valence electrons. The predicted molar refractivity (Wildman–Crippen MR) is 86.1 cm³/mol. The highest BCUT2D eigenvalue weighted by molar-refractivity contribution is 5.91. The van der Waals surface area contributed by atoms with Gasteiger partial charge in [-0.3, -0.25) is 0 Å². The average molecular weight is 290 g/mol. The lowest BCUT2D eigenvalue weighted by Gasteiger charge is -2.12. The van der Waals surface area contributed by atoms with E-state index < -0.39 is 0 Å². The van der Waals surface area contributed by atoms with Gasteiger partial charge in [-0.15, -0.1) is 0 Å². The molecular formula is C18H26O3. The molecule has 1 rings (SSSR count). The van der Waals surface area contributed by atoms with Crippen LogP contribution in [0.5, 0.6) is 5.75 Å². The van der Waals surface area contributed by atoms with Crippen LogP contribution in [0.25, 0.3) is 5.57 Å². The molecule has 0 saturated heterocycles. The molecule has 0 radical (unpaired) electrons. The van der Waals surface area contributed by atoms with Gasteiger partial charge < -0.3 is 9.84 Å². The van der Waals surface area contributed by atoms with Gasteiger partial charge in [0.15, 0.2) is 0 Å². The van der Waals surface area contributed by atoms with Crippen LogP contribution in [-0.4, -0.2) is 17.2 Å². The summed E-state index contributed by atoms with van der Waals surface area (Å²) in [6.07, 6.45) is 7.12. The highest BCUT2D eigenvalue weighted by Crippen LogP contribution is 2.17. The van der Waals surface area contributed by atoms with E-state index in [1.165, 1.54) is 25.3 Å². The molecule has 1 atom stereocenters. The molecule has 0 saturated carbocycles. The second-order valence-corrected chi connectivity index (χ2v) is 5.47. The average Bonchev–Trinajstić information content (AvgIpc) is 2.44. The van der Waals surface area contributed by atoms with Gasteiger partial charge in [-0.25, -0.2) is 4.79 Å². The van der Waals surface area contributed by atoms with Crippen LogP contribution in [0.1, 0.15) is 58.4 Å². The number of hydrogen-bond donors (Lipinski definition) is 1. The zero-order chi connectivity index (χ0) is 15.7. The SMILES string of the molecule is CCCCCCC(C)OC(=O)C=C(C)c1ccc(O)cc1. The Balaban J connectivity index is 2.44. The number of esters is 1. The summed E-state index contributed by atoms with van der Waals surface area (Å²) in [6, 6.07) is 6.77. The molecular weight excluding hydrogens is 264 g/mol. The lowest BCUT2D eigenvalue weighted by atomic mass is 10.1. The standard InChI is InChI=1S/C18H26O3/c1-4-5-6-7-8-15(3)21-18(20)13-14(2)16-9-11-17(19)12-10-16/h9-13,15,19H,4-8H2,1-3H3. The van der Waals surface area contributed by atoms with E-state index in [1.807, 2.05) is 13.8 Å². The molecule has 1 aromatic carbocycles.